The number of aryl methyl sites for hydroxylation is 1. The molecule has 0 amide bonds. The predicted octanol–water partition coefficient (Wildman–Crippen LogP) is 5.04. The van der Waals surface area contributed by atoms with Crippen molar-refractivity contribution in [2.24, 2.45) is 7.05 Å². The van der Waals surface area contributed by atoms with Crippen LogP contribution < -0.4 is 15.3 Å². The van der Waals surface area contributed by atoms with Gasteiger partial charge < -0.3 is 14.2 Å². The second kappa shape index (κ2) is 11.0. The number of nitriles is 1. The lowest BCUT2D eigenvalue weighted by Crippen LogP contribution is -2.58. The number of hydrogen-bond donors (Lipinski definition) is 0. The molecule has 4 heterocycles. The van der Waals surface area contributed by atoms with Crippen LogP contribution in [0.5, 0.6) is 5.75 Å². The maximum absolute atomic E-state index is 12.9. The van der Waals surface area contributed by atoms with Crippen molar-refractivity contribution in [3.05, 3.63) is 75.7 Å². The minimum atomic E-state index is -4.79. The number of piperazine rings is 1. The second-order valence-electron chi connectivity index (χ2n) is 11.2. The largest absolute Gasteiger partial charge is 0.573 e. The van der Waals surface area contributed by atoms with Gasteiger partial charge in [-0.2, -0.15) is 10.2 Å². The SMILES string of the molecule is CC[C@@H]1CN(c2nc(=O)n(C)c3ccc(C#N)nc23)[C@@H](C)CN1C(c1ccc(OC(F)(F)F)cc1)c1cc(C2CC2)on1. The van der Waals surface area contributed by atoms with Crippen molar-refractivity contribution in [3.63, 3.8) is 0 Å². The van der Waals surface area contributed by atoms with Crippen LogP contribution in [0.15, 0.2) is 51.8 Å². The van der Waals surface area contributed by atoms with E-state index in [4.69, 9.17) is 4.52 Å². The van der Waals surface area contributed by atoms with Crippen LogP contribution in [-0.4, -0.2) is 56.1 Å². The van der Waals surface area contributed by atoms with Crippen LogP contribution in [0.1, 0.15) is 67.8 Å². The number of aromatic nitrogens is 4. The maximum Gasteiger partial charge on any atom is 0.573 e. The van der Waals surface area contributed by atoms with Crippen molar-refractivity contribution in [3.8, 4) is 11.8 Å². The molecule has 1 aliphatic carbocycles. The van der Waals surface area contributed by atoms with Crippen LogP contribution in [0.4, 0.5) is 19.0 Å². The van der Waals surface area contributed by atoms with Gasteiger partial charge in [-0.3, -0.25) is 9.47 Å². The predicted molar refractivity (Wildman–Crippen MR) is 151 cm³/mol. The highest BCUT2D eigenvalue weighted by Crippen LogP contribution is 2.43. The zero-order valence-electron chi connectivity index (χ0n) is 23.9. The van der Waals surface area contributed by atoms with Gasteiger partial charge in [0.05, 0.1) is 11.6 Å². The summed E-state index contributed by atoms with van der Waals surface area (Å²) in [6.45, 7) is 5.09. The molecule has 4 aromatic rings. The monoisotopic (exact) mass is 593 g/mol. The number of pyridine rings is 1. The molecule has 1 aromatic carbocycles. The molecule has 1 unspecified atom stereocenters. The zero-order chi connectivity index (χ0) is 30.5. The van der Waals surface area contributed by atoms with Gasteiger partial charge in [0.1, 0.15) is 34.5 Å². The molecule has 13 heteroatoms. The fourth-order valence-electron chi connectivity index (χ4n) is 5.89. The standard InChI is InChI=1S/C30H30F3N7O3/c1-4-21-16-39(28-26-24(38(3)29(41)36-28)12-9-20(14-34)35-26)17(2)15-40(21)27(23-13-25(43-37-23)18-5-6-18)19-7-10-22(11-8-19)42-30(31,32)33/h7-13,17-18,21,27H,4-6,15-16H2,1-3H3/t17-,21+,27?/m0/s1. The average Bonchev–Trinajstić information content (AvgIpc) is 3.72. The van der Waals surface area contributed by atoms with Crippen LogP contribution in [0.25, 0.3) is 11.0 Å². The van der Waals surface area contributed by atoms with Crippen LogP contribution >= 0.6 is 0 Å². The molecule has 0 bridgehead atoms. The summed E-state index contributed by atoms with van der Waals surface area (Å²) < 4.78 is 49.8. The summed E-state index contributed by atoms with van der Waals surface area (Å²) in [5, 5.41) is 13.9. The van der Waals surface area contributed by atoms with Crippen molar-refractivity contribution in [1.82, 2.24) is 24.6 Å². The van der Waals surface area contributed by atoms with Gasteiger partial charge in [0, 0.05) is 44.2 Å². The highest BCUT2D eigenvalue weighted by molar-refractivity contribution is 5.86. The lowest BCUT2D eigenvalue weighted by molar-refractivity contribution is -0.274. The summed E-state index contributed by atoms with van der Waals surface area (Å²) >= 11 is 0. The Morgan fingerprint density at radius 3 is 2.53 bits per heavy atom. The van der Waals surface area contributed by atoms with Gasteiger partial charge in [-0.1, -0.05) is 24.2 Å². The number of benzene rings is 1. The summed E-state index contributed by atoms with van der Waals surface area (Å²) in [6, 6.07) is 12.6. The van der Waals surface area contributed by atoms with Crippen LogP contribution in [-0.2, 0) is 7.05 Å². The highest BCUT2D eigenvalue weighted by atomic mass is 19.4. The number of halogens is 3. The average molecular weight is 594 g/mol. The maximum atomic E-state index is 12.9. The number of anilines is 1. The lowest BCUT2D eigenvalue weighted by Gasteiger charge is -2.48. The molecule has 3 atom stereocenters. The third kappa shape index (κ3) is 5.67. The minimum Gasteiger partial charge on any atom is -0.406 e. The van der Waals surface area contributed by atoms with E-state index in [1.54, 1.807) is 31.3 Å². The smallest absolute Gasteiger partial charge is 0.406 e. The van der Waals surface area contributed by atoms with E-state index in [9.17, 15) is 23.2 Å². The van der Waals surface area contributed by atoms with E-state index in [0.29, 0.717) is 41.6 Å². The van der Waals surface area contributed by atoms with E-state index >= 15 is 0 Å². The zero-order valence-corrected chi connectivity index (χ0v) is 23.9. The van der Waals surface area contributed by atoms with Gasteiger partial charge >= 0.3 is 12.1 Å². The van der Waals surface area contributed by atoms with Gasteiger partial charge in [-0.05, 0) is 56.0 Å². The Bertz CT molecular complexity index is 1740. The van der Waals surface area contributed by atoms with Crippen molar-refractivity contribution in [1.29, 1.82) is 5.26 Å². The van der Waals surface area contributed by atoms with E-state index < -0.39 is 18.1 Å². The molecule has 2 aliphatic rings. The summed E-state index contributed by atoms with van der Waals surface area (Å²) in [4.78, 5) is 26.1. The summed E-state index contributed by atoms with van der Waals surface area (Å²) in [5.41, 5.74) is 2.28. The molecule has 43 heavy (non-hydrogen) atoms. The topological polar surface area (TPSA) is 113 Å². The molecule has 224 valence electrons. The Labute approximate surface area is 245 Å². The quantitative estimate of drug-likeness (QED) is 0.291. The molecule has 0 spiro atoms. The molecule has 10 nitrogen and oxygen atoms in total. The van der Waals surface area contributed by atoms with Gasteiger partial charge in [-0.25, -0.2) is 9.78 Å². The highest BCUT2D eigenvalue weighted by Gasteiger charge is 2.40. The van der Waals surface area contributed by atoms with E-state index in [1.165, 1.54) is 16.7 Å². The third-order valence-electron chi connectivity index (χ3n) is 8.24. The molecular weight excluding hydrogens is 563 g/mol. The van der Waals surface area contributed by atoms with Crippen LogP contribution in [0, 0.1) is 11.3 Å². The van der Waals surface area contributed by atoms with Crippen molar-refractivity contribution < 1.29 is 22.4 Å². The van der Waals surface area contributed by atoms with Gasteiger partial charge in [-0.15, -0.1) is 13.2 Å². The molecule has 1 saturated carbocycles. The molecule has 3 aromatic heterocycles. The van der Waals surface area contributed by atoms with E-state index in [1.807, 2.05) is 13.0 Å². The summed E-state index contributed by atoms with van der Waals surface area (Å²) in [7, 11) is 1.62. The molecular formula is C30H30F3N7O3. The number of rotatable bonds is 7. The van der Waals surface area contributed by atoms with E-state index in [2.05, 4.69) is 42.7 Å². The van der Waals surface area contributed by atoms with E-state index in [0.717, 1.165) is 30.6 Å². The first kappa shape index (κ1) is 28.7. The third-order valence-corrected chi connectivity index (χ3v) is 8.24. The minimum absolute atomic E-state index is 0.0616. The Balaban J connectivity index is 1.38. The Morgan fingerprint density at radius 2 is 1.88 bits per heavy atom. The number of ether oxygens (including phenoxy) is 1. The van der Waals surface area contributed by atoms with Crippen LogP contribution in [0.3, 0.4) is 0 Å². The van der Waals surface area contributed by atoms with Crippen molar-refractivity contribution in [2.45, 2.75) is 63.5 Å². The molecule has 6 rings (SSSR count). The number of alkyl halides is 3. The number of hydrogen-bond acceptors (Lipinski definition) is 9. The fourth-order valence-corrected chi connectivity index (χ4v) is 5.89. The first-order valence-corrected chi connectivity index (χ1v) is 14.2. The first-order chi connectivity index (χ1) is 20.6. The lowest BCUT2D eigenvalue weighted by atomic mass is 9.95. The molecule has 2 fully saturated rings. The number of fused-ring (bicyclic) bond motifs is 1. The molecule has 0 N–H and O–H groups in total. The Hall–Kier alpha value is -4.44. The molecule has 1 aliphatic heterocycles. The summed E-state index contributed by atoms with van der Waals surface area (Å²) in [6.07, 6.45) is -1.99. The van der Waals surface area contributed by atoms with Crippen molar-refractivity contribution >= 4 is 16.9 Å². The Morgan fingerprint density at radius 1 is 1.14 bits per heavy atom. The van der Waals surface area contributed by atoms with Gasteiger partial charge in [0.2, 0.25) is 0 Å². The number of nitrogens with zero attached hydrogens (tertiary/aromatic N) is 7. The Kier molecular flexibility index (Phi) is 7.33. The van der Waals surface area contributed by atoms with Crippen molar-refractivity contribution in [2.75, 3.05) is 18.0 Å². The summed E-state index contributed by atoms with van der Waals surface area (Å²) in [5.74, 6) is 1.27. The van der Waals surface area contributed by atoms with E-state index in [-0.39, 0.29) is 23.5 Å². The van der Waals surface area contributed by atoms with Gasteiger partial charge in [0.15, 0.2) is 5.82 Å². The second-order valence-corrected chi connectivity index (χ2v) is 11.2. The first-order valence-electron chi connectivity index (χ1n) is 14.2. The molecule has 1 saturated heterocycles. The van der Waals surface area contributed by atoms with Crippen LogP contribution in [0.2, 0.25) is 0 Å². The normalized spacial score (nSPS) is 20.3. The van der Waals surface area contributed by atoms with Gasteiger partial charge in [0.25, 0.3) is 0 Å². The fraction of sp³-hybridized carbons (Fsp3) is 0.433. The molecule has 0 radical (unpaired) electrons.